The van der Waals surface area contributed by atoms with Crippen molar-refractivity contribution in [2.45, 2.75) is 38.8 Å². The molecule has 2 atom stereocenters. The number of aromatic nitrogens is 1. The highest BCUT2D eigenvalue weighted by Crippen LogP contribution is 2.08. The van der Waals surface area contributed by atoms with Crippen LogP contribution in [0.5, 0.6) is 0 Å². The molecule has 3 N–H and O–H groups in total. The van der Waals surface area contributed by atoms with Gasteiger partial charge in [0.2, 0.25) is 5.91 Å². The van der Waals surface area contributed by atoms with Crippen molar-refractivity contribution >= 4 is 5.91 Å². The number of hydrogen-bond donors (Lipinski definition) is 2. The molecule has 1 aromatic heterocycles. The van der Waals surface area contributed by atoms with Crippen LogP contribution >= 0.6 is 0 Å². The third-order valence-corrected chi connectivity index (χ3v) is 2.48. The number of carbonyl (C=O) groups is 1. The molecule has 1 aromatic rings. The second-order valence-electron chi connectivity index (χ2n) is 3.92. The Kier molecular flexibility index (Phi) is 4.92. The first-order chi connectivity index (χ1) is 7.63. The maximum atomic E-state index is 11.6. The summed E-state index contributed by atoms with van der Waals surface area (Å²) in [7, 11) is 0. The van der Waals surface area contributed by atoms with Crippen molar-refractivity contribution in [1.82, 2.24) is 10.3 Å². The van der Waals surface area contributed by atoms with Gasteiger partial charge in [-0.3, -0.25) is 9.78 Å². The lowest BCUT2D eigenvalue weighted by Gasteiger charge is -2.15. The summed E-state index contributed by atoms with van der Waals surface area (Å²) >= 11 is 0. The predicted octanol–water partition coefficient (Wildman–Crippen LogP) is 1.39. The first kappa shape index (κ1) is 12.6. The van der Waals surface area contributed by atoms with Crippen molar-refractivity contribution in [1.29, 1.82) is 0 Å². The smallest absolute Gasteiger partial charge is 0.222 e. The molecule has 0 fully saturated rings. The van der Waals surface area contributed by atoms with Crippen LogP contribution in [-0.4, -0.2) is 16.9 Å². The van der Waals surface area contributed by atoms with Gasteiger partial charge in [-0.15, -0.1) is 0 Å². The lowest BCUT2D eigenvalue weighted by Crippen LogP contribution is -2.33. The van der Waals surface area contributed by atoms with Gasteiger partial charge < -0.3 is 11.1 Å². The molecular weight excluding hydrogens is 202 g/mol. The first-order valence-electron chi connectivity index (χ1n) is 5.59. The molecule has 88 valence electrons. The van der Waals surface area contributed by atoms with Crippen molar-refractivity contribution in [3.05, 3.63) is 30.1 Å². The molecule has 0 saturated carbocycles. The van der Waals surface area contributed by atoms with Crippen LogP contribution in [-0.2, 0) is 4.79 Å². The van der Waals surface area contributed by atoms with Gasteiger partial charge in [-0.1, -0.05) is 13.0 Å². The molecule has 0 aliphatic heterocycles. The molecular formula is C12H19N3O. The van der Waals surface area contributed by atoms with Crippen molar-refractivity contribution < 1.29 is 4.79 Å². The Bertz CT molecular complexity index is 326. The lowest BCUT2D eigenvalue weighted by atomic mass is 10.1. The molecule has 0 radical (unpaired) electrons. The average Bonchev–Trinajstić information content (AvgIpc) is 2.29. The summed E-state index contributed by atoms with van der Waals surface area (Å²) in [4.78, 5) is 15.8. The van der Waals surface area contributed by atoms with Crippen LogP contribution in [0.25, 0.3) is 0 Å². The summed E-state index contributed by atoms with van der Waals surface area (Å²) in [5.41, 5.74) is 6.57. The number of hydrogen-bond acceptors (Lipinski definition) is 3. The second kappa shape index (κ2) is 6.23. The van der Waals surface area contributed by atoms with Crippen LogP contribution < -0.4 is 11.1 Å². The molecule has 0 aliphatic rings. The zero-order chi connectivity index (χ0) is 12.0. The number of carbonyl (C=O) groups excluding carboxylic acids is 1. The molecule has 1 amide bonds. The van der Waals surface area contributed by atoms with Crippen molar-refractivity contribution in [3.8, 4) is 0 Å². The summed E-state index contributed by atoms with van der Waals surface area (Å²) in [6.45, 7) is 3.89. The largest absolute Gasteiger partial charge is 0.348 e. The third kappa shape index (κ3) is 3.98. The van der Waals surface area contributed by atoms with E-state index < -0.39 is 0 Å². The second-order valence-corrected chi connectivity index (χ2v) is 3.92. The molecule has 2 unspecified atom stereocenters. The van der Waals surface area contributed by atoms with E-state index in [4.69, 9.17) is 5.73 Å². The Morgan fingerprint density at radius 3 is 2.88 bits per heavy atom. The number of nitrogens with two attached hydrogens (primary N) is 1. The van der Waals surface area contributed by atoms with Crippen LogP contribution in [0.2, 0.25) is 0 Å². The highest BCUT2D eigenvalue weighted by molar-refractivity contribution is 5.76. The van der Waals surface area contributed by atoms with Gasteiger partial charge in [0.05, 0.1) is 11.7 Å². The van der Waals surface area contributed by atoms with Crippen LogP contribution in [0.4, 0.5) is 0 Å². The topological polar surface area (TPSA) is 68.0 Å². The standard InChI is InChI=1S/C12H19N3O/c1-3-10(13)8-12(16)15-9(2)11-6-4-5-7-14-11/h4-7,9-10H,3,8,13H2,1-2H3,(H,15,16). The van der Waals surface area contributed by atoms with E-state index in [1.165, 1.54) is 0 Å². The van der Waals surface area contributed by atoms with Gasteiger partial charge in [-0.05, 0) is 25.5 Å². The van der Waals surface area contributed by atoms with Crippen LogP contribution in [0.1, 0.15) is 38.4 Å². The predicted molar refractivity (Wildman–Crippen MR) is 63.7 cm³/mol. The zero-order valence-corrected chi connectivity index (χ0v) is 9.81. The van der Waals surface area contributed by atoms with Gasteiger partial charge in [-0.25, -0.2) is 0 Å². The quantitative estimate of drug-likeness (QED) is 0.789. The number of pyridine rings is 1. The maximum Gasteiger partial charge on any atom is 0.222 e. The van der Waals surface area contributed by atoms with Crippen molar-refractivity contribution in [2.75, 3.05) is 0 Å². The Morgan fingerprint density at radius 1 is 1.56 bits per heavy atom. The highest BCUT2D eigenvalue weighted by Gasteiger charge is 2.12. The molecule has 4 heteroatoms. The van der Waals surface area contributed by atoms with E-state index in [2.05, 4.69) is 10.3 Å². The van der Waals surface area contributed by atoms with Crippen LogP contribution in [0.15, 0.2) is 24.4 Å². The fourth-order valence-corrected chi connectivity index (χ4v) is 1.39. The molecule has 0 spiro atoms. The number of amides is 1. The van der Waals surface area contributed by atoms with Gasteiger partial charge in [0.1, 0.15) is 0 Å². The van der Waals surface area contributed by atoms with E-state index in [9.17, 15) is 4.79 Å². The van der Waals surface area contributed by atoms with Gasteiger partial charge >= 0.3 is 0 Å². The molecule has 1 rings (SSSR count). The fourth-order valence-electron chi connectivity index (χ4n) is 1.39. The molecule has 0 aliphatic carbocycles. The average molecular weight is 221 g/mol. The molecule has 4 nitrogen and oxygen atoms in total. The lowest BCUT2D eigenvalue weighted by molar-refractivity contribution is -0.122. The monoisotopic (exact) mass is 221 g/mol. The number of nitrogens with zero attached hydrogens (tertiary/aromatic N) is 1. The first-order valence-corrected chi connectivity index (χ1v) is 5.59. The fraction of sp³-hybridized carbons (Fsp3) is 0.500. The Morgan fingerprint density at radius 2 is 2.31 bits per heavy atom. The van der Waals surface area contributed by atoms with Gasteiger partial charge in [-0.2, -0.15) is 0 Å². The number of nitrogens with one attached hydrogen (secondary N) is 1. The molecule has 0 saturated heterocycles. The Hall–Kier alpha value is -1.42. The molecule has 0 bridgehead atoms. The molecule has 16 heavy (non-hydrogen) atoms. The van der Waals surface area contributed by atoms with E-state index in [-0.39, 0.29) is 18.0 Å². The summed E-state index contributed by atoms with van der Waals surface area (Å²) in [6, 6.07) is 5.52. The van der Waals surface area contributed by atoms with Gasteiger partial charge in [0.15, 0.2) is 0 Å². The van der Waals surface area contributed by atoms with E-state index >= 15 is 0 Å². The van der Waals surface area contributed by atoms with Crippen LogP contribution in [0.3, 0.4) is 0 Å². The Balaban J connectivity index is 2.46. The SMILES string of the molecule is CCC(N)CC(=O)NC(C)c1ccccn1. The molecule has 0 aromatic carbocycles. The van der Waals surface area contributed by atoms with E-state index in [0.717, 1.165) is 12.1 Å². The minimum Gasteiger partial charge on any atom is -0.348 e. The van der Waals surface area contributed by atoms with E-state index in [1.807, 2.05) is 32.0 Å². The molecule has 1 heterocycles. The summed E-state index contributed by atoms with van der Waals surface area (Å²) in [6.07, 6.45) is 2.90. The van der Waals surface area contributed by atoms with Gasteiger partial charge in [0, 0.05) is 18.7 Å². The summed E-state index contributed by atoms with van der Waals surface area (Å²) < 4.78 is 0. The summed E-state index contributed by atoms with van der Waals surface area (Å²) in [5.74, 6) is -0.0208. The summed E-state index contributed by atoms with van der Waals surface area (Å²) in [5, 5.41) is 2.88. The van der Waals surface area contributed by atoms with E-state index in [0.29, 0.717) is 6.42 Å². The zero-order valence-electron chi connectivity index (χ0n) is 9.81. The van der Waals surface area contributed by atoms with Gasteiger partial charge in [0.25, 0.3) is 0 Å². The normalized spacial score (nSPS) is 14.2. The van der Waals surface area contributed by atoms with Crippen LogP contribution in [0, 0.1) is 0 Å². The minimum atomic E-state index is -0.0715. The highest BCUT2D eigenvalue weighted by atomic mass is 16.1. The van der Waals surface area contributed by atoms with Crippen molar-refractivity contribution in [2.24, 2.45) is 5.73 Å². The van der Waals surface area contributed by atoms with Crippen molar-refractivity contribution in [3.63, 3.8) is 0 Å². The maximum absolute atomic E-state index is 11.6. The number of rotatable bonds is 5. The van der Waals surface area contributed by atoms with E-state index in [1.54, 1.807) is 6.20 Å². The minimum absolute atomic E-state index is 0.0208. The Labute approximate surface area is 96.3 Å². The third-order valence-electron chi connectivity index (χ3n) is 2.48.